The van der Waals surface area contributed by atoms with Crippen molar-refractivity contribution in [2.75, 3.05) is 6.61 Å². The van der Waals surface area contributed by atoms with Gasteiger partial charge in [0, 0.05) is 12.6 Å². The predicted octanol–water partition coefficient (Wildman–Crippen LogP) is 1.29. The van der Waals surface area contributed by atoms with Crippen LogP contribution in [0.3, 0.4) is 0 Å². The Labute approximate surface area is 96.4 Å². The lowest BCUT2D eigenvalue weighted by Gasteiger charge is -2.24. The number of fused-ring (bicyclic) bond motifs is 1. The van der Waals surface area contributed by atoms with Gasteiger partial charge in [-0.3, -0.25) is 0 Å². The van der Waals surface area contributed by atoms with E-state index in [4.69, 9.17) is 14.4 Å². The molecule has 1 aliphatic heterocycles. The zero-order valence-corrected chi connectivity index (χ0v) is 8.87. The fourth-order valence-corrected chi connectivity index (χ4v) is 2.09. The van der Waals surface area contributed by atoms with Crippen LogP contribution in [-0.2, 0) is 11.3 Å². The molecule has 0 amide bonds. The highest BCUT2D eigenvalue weighted by Gasteiger charge is 2.27. The minimum absolute atomic E-state index is 0.275. The number of carbonyl (C=O) groups is 1. The van der Waals surface area contributed by atoms with Crippen LogP contribution >= 0.6 is 0 Å². The van der Waals surface area contributed by atoms with Gasteiger partial charge in [-0.15, -0.1) is 0 Å². The van der Waals surface area contributed by atoms with Crippen molar-refractivity contribution in [3.63, 3.8) is 0 Å². The van der Waals surface area contributed by atoms with Gasteiger partial charge in [-0.05, 0) is 12.1 Å². The fourth-order valence-electron chi connectivity index (χ4n) is 2.09. The van der Waals surface area contributed by atoms with Crippen LogP contribution in [0.15, 0.2) is 29.0 Å². The Morgan fingerprint density at radius 3 is 3.06 bits per heavy atom. The van der Waals surface area contributed by atoms with Crippen LogP contribution in [0.5, 0.6) is 0 Å². The lowest BCUT2D eigenvalue weighted by Crippen LogP contribution is -2.24. The molecule has 0 saturated heterocycles. The summed E-state index contributed by atoms with van der Waals surface area (Å²) in [7, 11) is 0. The maximum absolute atomic E-state index is 11.0. The van der Waals surface area contributed by atoms with Gasteiger partial charge in [-0.25, -0.2) is 4.79 Å². The summed E-state index contributed by atoms with van der Waals surface area (Å²) in [6.45, 7) is 0.998. The number of hydrogen-bond acceptors (Lipinski definition) is 4. The molecular weight excluding hydrogens is 224 g/mol. The van der Waals surface area contributed by atoms with Crippen LogP contribution in [0.2, 0.25) is 0 Å². The summed E-state index contributed by atoms with van der Waals surface area (Å²) in [5.74, 6) is -0.933. The second kappa shape index (κ2) is 3.74. The molecule has 1 atom stereocenters. The second-order valence-corrected chi connectivity index (χ2v) is 3.78. The van der Waals surface area contributed by atoms with Crippen LogP contribution in [0.4, 0.5) is 0 Å². The number of carboxylic acids is 1. The number of nitrogens with zero attached hydrogens (tertiary/aromatic N) is 2. The molecule has 0 spiro atoms. The zero-order chi connectivity index (χ0) is 11.8. The highest BCUT2D eigenvalue weighted by atomic mass is 16.5. The normalized spacial score (nSPS) is 18.9. The molecule has 17 heavy (non-hydrogen) atoms. The molecule has 0 bridgehead atoms. The van der Waals surface area contributed by atoms with Gasteiger partial charge < -0.3 is 18.9 Å². The van der Waals surface area contributed by atoms with Crippen LogP contribution in [0.1, 0.15) is 28.0 Å². The lowest BCUT2D eigenvalue weighted by molar-refractivity contribution is 0.0395. The average molecular weight is 234 g/mol. The smallest absolute Gasteiger partial charge is 0.352 e. The molecule has 1 aliphatic rings. The standard InChI is InChI=1S/C11H10N2O4/c14-11(15)9-2-1-8-10(7-3-5-17-12-7)16-6-4-13(8)9/h1-3,5,10H,4,6H2,(H,14,15). The van der Waals surface area contributed by atoms with Gasteiger partial charge >= 0.3 is 5.97 Å². The Bertz CT molecular complexity index is 544. The van der Waals surface area contributed by atoms with Crippen molar-refractivity contribution in [3.8, 4) is 0 Å². The van der Waals surface area contributed by atoms with Gasteiger partial charge in [0.2, 0.25) is 0 Å². The van der Waals surface area contributed by atoms with E-state index in [2.05, 4.69) is 5.16 Å². The van der Waals surface area contributed by atoms with E-state index < -0.39 is 5.97 Å². The SMILES string of the molecule is O=C(O)c1ccc2n1CCOC2c1ccon1. The Balaban J connectivity index is 2.06. The first-order valence-corrected chi connectivity index (χ1v) is 5.22. The Kier molecular flexibility index (Phi) is 2.22. The van der Waals surface area contributed by atoms with Crippen molar-refractivity contribution in [2.45, 2.75) is 12.6 Å². The molecule has 1 unspecified atom stereocenters. The Morgan fingerprint density at radius 1 is 1.47 bits per heavy atom. The minimum atomic E-state index is -0.933. The predicted molar refractivity (Wildman–Crippen MR) is 55.7 cm³/mol. The van der Waals surface area contributed by atoms with E-state index >= 15 is 0 Å². The van der Waals surface area contributed by atoms with E-state index in [9.17, 15) is 4.79 Å². The van der Waals surface area contributed by atoms with E-state index in [1.165, 1.54) is 6.26 Å². The van der Waals surface area contributed by atoms with E-state index in [-0.39, 0.29) is 11.8 Å². The monoisotopic (exact) mass is 234 g/mol. The van der Waals surface area contributed by atoms with Gasteiger partial charge in [-0.1, -0.05) is 5.16 Å². The van der Waals surface area contributed by atoms with Gasteiger partial charge in [0.05, 0.1) is 12.3 Å². The molecule has 6 nitrogen and oxygen atoms in total. The van der Waals surface area contributed by atoms with Gasteiger partial charge in [0.15, 0.2) is 0 Å². The van der Waals surface area contributed by atoms with Crippen molar-refractivity contribution in [3.05, 3.63) is 41.5 Å². The van der Waals surface area contributed by atoms with Crippen molar-refractivity contribution in [1.82, 2.24) is 9.72 Å². The Morgan fingerprint density at radius 2 is 2.35 bits per heavy atom. The largest absolute Gasteiger partial charge is 0.477 e. The van der Waals surface area contributed by atoms with Crippen LogP contribution < -0.4 is 0 Å². The number of hydrogen-bond donors (Lipinski definition) is 1. The molecule has 6 heteroatoms. The third-order valence-corrected chi connectivity index (χ3v) is 2.83. The van der Waals surface area contributed by atoms with Gasteiger partial charge in [0.1, 0.15) is 23.8 Å². The number of rotatable bonds is 2. The maximum atomic E-state index is 11.0. The first kappa shape index (κ1) is 10.1. The van der Waals surface area contributed by atoms with E-state index in [1.54, 1.807) is 22.8 Å². The molecule has 3 rings (SSSR count). The molecule has 0 aromatic carbocycles. The van der Waals surface area contributed by atoms with Crippen molar-refractivity contribution >= 4 is 5.97 Å². The summed E-state index contributed by atoms with van der Waals surface area (Å²) in [5.41, 5.74) is 1.72. The molecule has 0 aliphatic carbocycles. The van der Waals surface area contributed by atoms with Crippen molar-refractivity contribution in [1.29, 1.82) is 0 Å². The summed E-state index contributed by atoms with van der Waals surface area (Å²) in [5, 5.41) is 12.9. The average Bonchev–Trinajstić information content (AvgIpc) is 2.97. The highest BCUT2D eigenvalue weighted by Crippen LogP contribution is 2.29. The lowest BCUT2D eigenvalue weighted by atomic mass is 10.1. The summed E-state index contributed by atoms with van der Waals surface area (Å²) in [6, 6.07) is 5.05. The minimum Gasteiger partial charge on any atom is -0.477 e. The molecular formula is C11H10N2O4. The fraction of sp³-hybridized carbons (Fsp3) is 0.273. The molecule has 0 fully saturated rings. The van der Waals surface area contributed by atoms with Gasteiger partial charge in [-0.2, -0.15) is 0 Å². The van der Waals surface area contributed by atoms with Gasteiger partial charge in [0.25, 0.3) is 0 Å². The number of ether oxygens (including phenoxy) is 1. The molecule has 0 radical (unpaired) electrons. The summed E-state index contributed by atoms with van der Waals surface area (Å²) >= 11 is 0. The van der Waals surface area contributed by atoms with Crippen molar-refractivity contribution < 1.29 is 19.2 Å². The molecule has 88 valence electrons. The second-order valence-electron chi connectivity index (χ2n) is 3.78. The third-order valence-electron chi connectivity index (χ3n) is 2.83. The van der Waals surface area contributed by atoms with E-state index in [1.807, 2.05) is 0 Å². The van der Waals surface area contributed by atoms with Crippen LogP contribution in [0, 0.1) is 0 Å². The summed E-state index contributed by atoms with van der Waals surface area (Å²) < 4.78 is 12.1. The molecule has 2 aromatic rings. The maximum Gasteiger partial charge on any atom is 0.352 e. The highest BCUT2D eigenvalue weighted by molar-refractivity contribution is 5.86. The van der Waals surface area contributed by atoms with Crippen molar-refractivity contribution in [2.24, 2.45) is 0 Å². The molecule has 0 saturated carbocycles. The summed E-state index contributed by atoms with van der Waals surface area (Å²) in [6.07, 6.45) is 1.12. The first-order valence-electron chi connectivity index (χ1n) is 5.22. The topological polar surface area (TPSA) is 77.5 Å². The number of aromatic nitrogens is 2. The first-order chi connectivity index (χ1) is 8.27. The van der Waals surface area contributed by atoms with E-state index in [0.717, 1.165) is 5.69 Å². The van der Waals surface area contributed by atoms with Crippen LogP contribution in [-0.4, -0.2) is 27.4 Å². The third kappa shape index (κ3) is 1.53. The van der Waals surface area contributed by atoms with E-state index in [0.29, 0.717) is 18.8 Å². The van der Waals surface area contributed by atoms with Crippen LogP contribution in [0.25, 0.3) is 0 Å². The summed E-state index contributed by atoms with van der Waals surface area (Å²) in [4.78, 5) is 11.0. The number of aromatic carboxylic acids is 1. The zero-order valence-electron chi connectivity index (χ0n) is 8.87. The molecule has 1 N–H and O–H groups in total. The number of carboxylic acid groups (broad SMARTS) is 1. The molecule has 2 aromatic heterocycles. The molecule has 3 heterocycles. The Hall–Kier alpha value is -2.08. The quantitative estimate of drug-likeness (QED) is 0.847.